The van der Waals surface area contributed by atoms with Crippen molar-refractivity contribution in [1.82, 2.24) is 0 Å². The summed E-state index contributed by atoms with van der Waals surface area (Å²) in [6, 6.07) is 0. The Morgan fingerprint density at radius 2 is 1.64 bits per heavy atom. The minimum absolute atomic E-state index is 0.0459. The molecule has 2 N–H and O–H groups in total. The second kappa shape index (κ2) is 7.32. The van der Waals surface area contributed by atoms with Gasteiger partial charge in [0.15, 0.2) is 0 Å². The van der Waals surface area contributed by atoms with Crippen LogP contribution in [-0.2, 0) is 9.09 Å². The van der Waals surface area contributed by atoms with Crippen molar-refractivity contribution >= 4 is 22.5 Å². The molecule has 0 radical (unpaired) electrons. The van der Waals surface area contributed by atoms with Gasteiger partial charge in [-0.2, -0.15) is 0 Å². The van der Waals surface area contributed by atoms with E-state index in [1.165, 1.54) is 6.92 Å². The maximum atomic E-state index is 9.70. The van der Waals surface area contributed by atoms with E-state index >= 15 is 0 Å². The third kappa shape index (κ3) is 36.8. The van der Waals surface area contributed by atoms with Gasteiger partial charge in [-0.05, 0) is 6.92 Å². The molecule has 0 aromatic heterocycles. The minimum atomic E-state index is -4.17. The van der Waals surface area contributed by atoms with Crippen LogP contribution in [0.15, 0.2) is 0 Å². The first-order valence-electron chi connectivity index (χ1n) is 3.10. The molecule has 0 aromatic carbocycles. The fourth-order valence-electron chi connectivity index (χ4n) is 0.168. The predicted octanol–water partition coefficient (Wildman–Crippen LogP) is 1.49. The van der Waals surface area contributed by atoms with Crippen molar-refractivity contribution in [2.45, 2.75) is 24.1 Å². The average molecular weight is 246 g/mol. The van der Waals surface area contributed by atoms with Crippen molar-refractivity contribution in [3.8, 4) is 0 Å². The second-order valence-electron chi connectivity index (χ2n) is 2.25. The Bertz CT molecular complexity index is 119. The molecule has 0 bridgehead atoms. The molecule has 70 valence electrons. The van der Waals surface area contributed by atoms with Crippen LogP contribution in [0.3, 0.4) is 0 Å². The fraction of sp³-hybridized carbons (Fsp3) is 1.00. The molecular weight excluding hydrogens is 230 g/mol. The van der Waals surface area contributed by atoms with E-state index in [9.17, 15) is 4.57 Å². The Labute approximate surface area is 72.5 Å². The molecule has 0 aliphatic carbocycles. The van der Waals surface area contributed by atoms with E-state index in [0.717, 1.165) is 0 Å². The first-order chi connectivity index (χ1) is 4.79. The van der Waals surface area contributed by atoms with Crippen LogP contribution in [0.4, 0.5) is 0 Å². The van der Waals surface area contributed by atoms with E-state index < -0.39 is 7.82 Å². The summed E-state index contributed by atoms with van der Waals surface area (Å²) in [5.74, 6) is 0. The maximum absolute atomic E-state index is 9.70. The summed E-state index contributed by atoms with van der Waals surface area (Å²) in [5, 5.41) is 0. The summed E-state index contributed by atoms with van der Waals surface area (Å²) in [5.41, 5.74) is 6.94. The van der Waals surface area contributed by atoms with Gasteiger partial charge < -0.3 is 9.79 Å². The summed E-state index contributed by atoms with van der Waals surface area (Å²) in [6.45, 7) is 1.56. The normalized spacial score (nSPS) is 10.8. The second-order valence-corrected chi connectivity index (χ2v) is 9.12. The van der Waals surface area contributed by atoms with E-state index in [2.05, 4.69) is 21.7 Å². The topological polar surface area (TPSA) is 66.8 Å². The van der Waals surface area contributed by atoms with Gasteiger partial charge in [-0.15, -0.1) is 0 Å². The molecule has 0 aromatic rings. The van der Waals surface area contributed by atoms with E-state index in [1.807, 2.05) is 0 Å². The third-order valence-electron chi connectivity index (χ3n) is 0.297. The van der Waals surface area contributed by atoms with Gasteiger partial charge in [0.2, 0.25) is 0 Å². The van der Waals surface area contributed by atoms with E-state index in [0.29, 0.717) is 0 Å². The number of phosphoric ester groups is 1. The number of hydrogen-bond acceptors (Lipinski definition) is 2. The fourth-order valence-corrected chi connectivity index (χ4v) is 0.505. The summed E-state index contributed by atoms with van der Waals surface area (Å²) in [7, 11) is -4.17. The molecular formula is C5H16AsO4P. The van der Waals surface area contributed by atoms with Gasteiger partial charge >= 0.3 is 39.6 Å². The van der Waals surface area contributed by atoms with Gasteiger partial charge in [-0.1, -0.05) is 0 Å². The van der Waals surface area contributed by atoms with Crippen LogP contribution in [0, 0.1) is 0 Å². The van der Waals surface area contributed by atoms with E-state index in [4.69, 9.17) is 9.79 Å². The predicted molar refractivity (Wildman–Crippen MR) is 47.0 cm³/mol. The Morgan fingerprint density at radius 1 is 1.36 bits per heavy atom. The molecule has 0 saturated carbocycles. The first-order valence-corrected chi connectivity index (χ1v) is 10.3. The molecule has 0 atom stereocenters. The zero-order valence-corrected chi connectivity index (χ0v) is 10.1. The molecule has 0 unspecified atom stereocenters. The molecule has 0 saturated heterocycles. The van der Waals surface area contributed by atoms with E-state index in [-0.39, 0.29) is 21.3 Å². The summed E-state index contributed by atoms with van der Waals surface area (Å²) in [4.78, 5) is 15.8. The Kier molecular flexibility index (Phi) is 9.46. The number of phosphoric acid groups is 1. The molecule has 0 amide bonds. The summed E-state index contributed by atoms with van der Waals surface area (Å²) < 4.78 is 13.6. The van der Waals surface area contributed by atoms with Crippen molar-refractivity contribution in [2.75, 3.05) is 6.61 Å². The summed E-state index contributed by atoms with van der Waals surface area (Å²) in [6.07, 6.45) is 0. The molecule has 6 heteroatoms. The molecule has 11 heavy (non-hydrogen) atoms. The van der Waals surface area contributed by atoms with Gasteiger partial charge in [0, 0.05) is 0 Å². The molecule has 4 nitrogen and oxygen atoms in total. The molecule has 0 fully saturated rings. The van der Waals surface area contributed by atoms with Gasteiger partial charge in [0.25, 0.3) is 0 Å². The molecule has 0 aliphatic rings. The standard InChI is InChI=1S/C3H9As.C2H7O4P/c1-4(2)3;1-2-6-7(3,4)5/h1-3H3;2H2,1H3,(H2,3,4,5). The number of rotatable bonds is 2. The van der Waals surface area contributed by atoms with Gasteiger partial charge in [0.1, 0.15) is 0 Å². The SMILES string of the molecule is CCOP(=O)(O)O.C[As](C)C. The monoisotopic (exact) mass is 246 g/mol. The van der Waals surface area contributed by atoms with Crippen molar-refractivity contribution in [3.05, 3.63) is 0 Å². The average Bonchev–Trinajstić information content (AvgIpc) is 1.58. The van der Waals surface area contributed by atoms with Crippen LogP contribution in [0.5, 0.6) is 0 Å². The van der Waals surface area contributed by atoms with Crippen molar-refractivity contribution in [2.24, 2.45) is 0 Å². The summed E-state index contributed by atoms with van der Waals surface area (Å²) >= 11 is -0.188. The van der Waals surface area contributed by atoms with Crippen molar-refractivity contribution < 1.29 is 18.9 Å². The van der Waals surface area contributed by atoms with Crippen LogP contribution in [-0.4, -0.2) is 31.0 Å². The van der Waals surface area contributed by atoms with Crippen LogP contribution in [0.1, 0.15) is 6.92 Å². The Balaban J connectivity index is 0. The van der Waals surface area contributed by atoms with Crippen LogP contribution < -0.4 is 0 Å². The molecule has 0 rings (SSSR count). The Morgan fingerprint density at radius 3 is 1.64 bits per heavy atom. The van der Waals surface area contributed by atoms with Crippen LogP contribution in [0.2, 0.25) is 17.1 Å². The zero-order valence-electron chi connectivity index (χ0n) is 7.31. The van der Waals surface area contributed by atoms with Crippen molar-refractivity contribution in [3.63, 3.8) is 0 Å². The van der Waals surface area contributed by atoms with Crippen LogP contribution >= 0.6 is 7.82 Å². The molecule has 0 heterocycles. The quantitative estimate of drug-likeness (QED) is 0.572. The van der Waals surface area contributed by atoms with Gasteiger partial charge in [0.05, 0.1) is 6.61 Å². The third-order valence-corrected chi connectivity index (χ3v) is 0.892. The van der Waals surface area contributed by atoms with Gasteiger partial charge in [-0.3, -0.25) is 4.52 Å². The van der Waals surface area contributed by atoms with Crippen LogP contribution in [0.25, 0.3) is 0 Å². The Hall–Kier alpha value is 0.668. The first kappa shape index (κ1) is 14.2. The van der Waals surface area contributed by atoms with Crippen molar-refractivity contribution in [1.29, 1.82) is 0 Å². The molecule has 0 spiro atoms. The zero-order chi connectivity index (χ0) is 9.49. The molecule has 0 aliphatic heterocycles. The van der Waals surface area contributed by atoms with Gasteiger partial charge in [-0.25, -0.2) is 4.57 Å². The van der Waals surface area contributed by atoms with E-state index in [1.54, 1.807) is 0 Å². The number of hydrogen-bond donors (Lipinski definition) is 2.